The number of carboxylic acid groups (broad SMARTS) is 1. The Bertz CT molecular complexity index is 333. The van der Waals surface area contributed by atoms with Crippen LogP contribution in [0.25, 0.3) is 0 Å². The molecule has 1 aromatic rings. The van der Waals surface area contributed by atoms with Gasteiger partial charge in [-0.3, -0.25) is 4.79 Å². The van der Waals surface area contributed by atoms with Crippen molar-refractivity contribution >= 4 is 12.3 Å². The van der Waals surface area contributed by atoms with Crippen molar-refractivity contribution in [3.05, 3.63) is 29.1 Å². The number of carboxylic acids is 1. The molecule has 0 radical (unpaired) electrons. The highest BCUT2D eigenvalue weighted by Crippen LogP contribution is 2.04. The quantitative estimate of drug-likeness (QED) is 0.661. The molecule has 0 amide bonds. The van der Waals surface area contributed by atoms with Crippen LogP contribution < -0.4 is 0 Å². The maximum Gasteiger partial charge on any atom is 0.338 e. The van der Waals surface area contributed by atoms with E-state index >= 15 is 0 Å². The number of hydrogen-bond acceptors (Lipinski definition) is 3. The molecule has 0 saturated carbocycles. The second-order valence-electron chi connectivity index (χ2n) is 2.31. The van der Waals surface area contributed by atoms with Crippen LogP contribution >= 0.6 is 0 Å². The van der Waals surface area contributed by atoms with Crippen LogP contribution in [0, 0.1) is 6.92 Å². The topological polar surface area (TPSA) is 67.3 Å². The van der Waals surface area contributed by atoms with Gasteiger partial charge in [-0.15, -0.1) is 0 Å². The molecule has 62 valence electrons. The smallest absolute Gasteiger partial charge is 0.338 e. The Morgan fingerprint density at radius 2 is 2.25 bits per heavy atom. The van der Waals surface area contributed by atoms with Gasteiger partial charge in [0, 0.05) is 5.69 Å². The van der Waals surface area contributed by atoms with Crippen LogP contribution in [0.3, 0.4) is 0 Å². The molecule has 0 aliphatic carbocycles. The van der Waals surface area contributed by atoms with Crippen LogP contribution in [-0.4, -0.2) is 22.3 Å². The zero-order valence-corrected chi connectivity index (χ0v) is 6.44. The molecule has 0 aromatic carbocycles. The molecule has 4 heteroatoms. The minimum atomic E-state index is -1.13. The van der Waals surface area contributed by atoms with Crippen molar-refractivity contribution in [1.29, 1.82) is 0 Å². The highest BCUT2D eigenvalue weighted by atomic mass is 16.4. The number of rotatable bonds is 2. The Morgan fingerprint density at radius 3 is 2.75 bits per heavy atom. The highest BCUT2D eigenvalue weighted by molar-refractivity contribution is 5.95. The molecule has 0 aliphatic heterocycles. The Morgan fingerprint density at radius 1 is 1.58 bits per heavy atom. The summed E-state index contributed by atoms with van der Waals surface area (Å²) in [5.41, 5.74) is 0.542. The molecule has 4 nitrogen and oxygen atoms in total. The van der Waals surface area contributed by atoms with E-state index in [2.05, 4.69) is 4.98 Å². The number of nitrogens with zero attached hydrogens (tertiary/aromatic N) is 1. The van der Waals surface area contributed by atoms with E-state index in [1.165, 1.54) is 6.07 Å². The van der Waals surface area contributed by atoms with Crippen molar-refractivity contribution in [3.8, 4) is 0 Å². The highest BCUT2D eigenvalue weighted by Gasteiger charge is 2.09. The molecule has 0 unspecified atom stereocenters. The van der Waals surface area contributed by atoms with E-state index in [-0.39, 0.29) is 11.3 Å². The summed E-state index contributed by atoms with van der Waals surface area (Å²) in [5.74, 6) is -1.13. The van der Waals surface area contributed by atoms with E-state index in [4.69, 9.17) is 5.11 Å². The van der Waals surface area contributed by atoms with Gasteiger partial charge in [-0.1, -0.05) is 0 Å². The predicted octanol–water partition coefficient (Wildman–Crippen LogP) is 0.901. The minimum absolute atomic E-state index is 0.0255. The third-order valence-electron chi connectivity index (χ3n) is 1.41. The fraction of sp³-hybridized carbons (Fsp3) is 0.125. The number of aromatic nitrogens is 1. The molecule has 0 saturated heterocycles. The van der Waals surface area contributed by atoms with E-state index in [0.29, 0.717) is 12.0 Å². The lowest BCUT2D eigenvalue weighted by molar-refractivity contribution is 0.0693. The van der Waals surface area contributed by atoms with Gasteiger partial charge in [0.2, 0.25) is 0 Å². The van der Waals surface area contributed by atoms with Gasteiger partial charge >= 0.3 is 5.97 Å². The maximum absolute atomic E-state index is 10.5. The van der Waals surface area contributed by atoms with E-state index in [0.717, 1.165) is 0 Å². The van der Waals surface area contributed by atoms with Crippen LogP contribution in [0.15, 0.2) is 12.1 Å². The monoisotopic (exact) mass is 165 g/mol. The second-order valence-corrected chi connectivity index (χ2v) is 2.31. The second kappa shape index (κ2) is 3.13. The Kier molecular flexibility index (Phi) is 2.19. The predicted molar refractivity (Wildman–Crippen MR) is 41.3 cm³/mol. The van der Waals surface area contributed by atoms with Crippen LogP contribution in [-0.2, 0) is 0 Å². The summed E-state index contributed by atoms with van der Waals surface area (Å²) in [6.45, 7) is 1.69. The van der Waals surface area contributed by atoms with Crippen molar-refractivity contribution in [1.82, 2.24) is 4.98 Å². The fourth-order valence-corrected chi connectivity index (χ4v) is 0.847. The van der Waals surface area contributed by atoms with Gasteiger partial charge in [-0.25, -0.2) is 9.78 Å². The first-order chi connectivity index (χ1) is 5.65. The first-order valence-electron chi connectivity index (χ1n) is 3.31. The van der Waals surface area contributed by atoms with Gasteiger partial charge in [0.05, 0.1) is 5.56 Å². The van der Waals surface area contributed by atoms with Crippen molar-refractivity contribution in [2.45, 2.75) is 6.92 Å². The van der Waals surface area contributed by atoms with Crippen molar-refractivity contribution in [3.63, 3.8) is 0 Å². The maximum atomic E-state index is 10.5. The average molecular weight is 165 g/mol. The Balaban J connectivity index is 3.29. The summed E-state index contributed by atoms with van der Waals surface area (Å²) in [6.07, 6.45) is 0.441. The number of aryl methyl sites for hydroxylation is 1. The summed E-state index contributed by atoms with van der Waals surface area (Å²) < 4.78 is 0. The number of aldehydes is 1. The molecular weight excluding hydrogens is 158 g/mol. The molecule has 12 heavy (non-hydrogen) atoms. The lowest BCUT2D eigenvalue weighted by Gasteiger charge is -1.98. The minimum Gasteiger partial charge on any atom is -0.478 e. The average Bonchev–Trinajstić information content (AvgIpc) is 2.03. The van der Waals surface area contributed by atoms with Gasteiger partial charge < -0.3 is 5.11 Å². The van der Waals surface area contributed by atoms with Gasteiger partial charge in [-0.2, -0.15) is 0 Å². The van der Waals surface area contributed by atoms with Gasteiger partial charge in [0.25, 0.3) is 0 Å². The lowest BCUT2D eigenvalue weighted by atomic mass is 10.2. The van der Waals surface area contributed by atoms with Crippen molar-refractivity contribution < 1.29 is 14.7 Å². The van der Waals surface area contributed by atoms with Crippen molar-refractivity contribution in [2.75, 3.05) is 0 Å². The molecule has 1 aromatic heterocycles. The number of aromatic carboxylic acids is 1. The van der Waals surface area contributed by atoms with E-state index in [1.807, 2.05) is 0 Å². The summed E-state index contributed by atoms with van der Waals surface area (Å²) in [7, 11) is 0. The SMILES string of the molecule is Cc1ccc(C(=O)O)c(C=O)n1. The Hall–Kier alpha value is -1.71. The van der Waals surface area contributed by atoms with Gasteiger partial charge in [0.1, 0.15) is 5.69 Å². The number of carbonyl (C=O) groups excluding carboxylic acids is 1. The van der Waals surface area contributed by atoms with Crippen LogP contribution in [0.2, 0.25) is 0 Å². The summed E-state index contributed by atoms with van der Waals surface area (Å²) >= 11 is 0. The lowest BCUT2D eigenvalue weighted by Crippen LogP contribution is -2.04. The molecule has 0 bridgehead atoms. The fourth-order valence-electron chi connectivity index (χ4n) is 0.847. The standard InChI is InChI=1S/C8H7NO3/c1-5-2-3-6(8(11)12)7(4-10)9-5/h2-4H,1H3,(H,11,12). The third-order valence-corrected chi connectivity index (χ3v) is 1.41. The van der Waals surface area contributed by atoms with E-state index in [9.17, 15) is 9.59 Å². The third kappa shape index (κ3) is 1.47. The van der Waals surface area contributed by atoms with Gasteiger partial charge in [-0.05, 0) is 19.1 Å². The molecule has 0 spiro atoms. The molecule has 1 heterocycles. The van der Waals surface area contributed by atoms with E-state index in [1.54, 1.807) is 13.0 Å². The zero-order chi connectivity index (χ0) is 9.14. The first-order valence-corrected chi connectivity index (χ1v) is 3.31. The zero-order valence-electron chi connectivity index (χ0n) is 6.44. The Labute approximate surface area is 68.9 Å². The van der Waals surface area contributed by atoms with Crippen LogP contribution in [0.1, 0.15) is 26.5 Å². The molecule has 1 N–H and O–H groups in total. The number of carbonyl (C=O) groups is 2. The van der Waals surface area contributed by atoms with Crippen LogP contribution in [0.5, 0.6) is 0 Å². The first kappa shape index (κ1) is 8.39. The summed E-state index contributed by atoms with van der Waals surface area (Å²) in [5, 5.41) is 8.59. The molecule has 0 fully saturated rings. The molecule has 0 aliphatic rings. The summed E-state index contributed by atoms with van der Waals surface area (Å²) in [4.78, 5) is 24.6. The number of pyridine rings is 1. The largest absolute Gasteiger partial charge is 0.478 e. The van der Waals surface area contributed by atoms with Crippen LogP contribution in [0.4, 0.5) is 0 Å². The number of hydrogen-bond donors (Lipinski definition) is 1. The molecular formula is C8H7NO3. The molecule has 0 atom stereocenters. The summed E-state index contributed by atoms with van der Waals surface area (Å²) in [6, 6.07) is 2.92. The molecule has 1 rings (SSSR count). The normalized spacial score (nSPS) is 9.42. The van der Waals surface area contributed by atoms with Crippen molar-refractivity contribution in [2.24, 2.45) is 0 Å². The van der Waals surface area contributed by atoms with Gasteiger partial charge in [0.15, 0.2) is 6.29 Å². The van der Waals surface area contributed by atoms with E-state index < -0.39 is 5.97 Å².